The fourth-order valence-corrected chi connectivity index (χ4v) is 2.83. The van der Waals surface area contributed by atoms with Gasteiger partial charge < -0.3 is 9.84 Å². The summed E-state index contributed by atoms with van der Waals surface area (Å²) in [5.41, 5.74) is 0.395. The van der Waals surface area contributed by atoms with Crippen molar-refractivity contribution < 1.29 is 19.0 Å². The summed E-state index contributed by atoms with van der Waals surface area (Å²) in [6.07, 6.45) is 5.31. The molecule has 0 radical (unpaired) electrons. The molecular formula is C16H19FO3. The van der Waals surface area contributed by atoms with Gasteiger partial charge in [0.1, 0.15) is 11.6 Å². The van der Waals surface area contributed by atoms with Crippen LogP contribution in [0, 0.1) is 11.7 Å². The number of hydrogen-bond donors (Lipinski definition) is 1. The van der Waals surface area contributed by atoms with Gasteiger partial charge in [-0.1, -0.05) is 6.42 Å². The Morgan fingerprint density at radius 2 is 2.10 bits per heavy atom. The van der Waals surface area contributed by atoms with Crippen LogP contribution < -0.4 is 4.74 Å². The molecule has 0 spiro atoms. The first-order valence-electron chi connectivity index (χ1n) is 7.23. The monoisotopic (exact) mass is 278 g/mol. The molecule has 2 aliphatic rings. The van der Waals surface area contributed by atoms with E-state index in [-0.39, 0.29) is 17.7 Å². The number of hydrogen-bond acceptors (Lipinski definition) is 2. The molecule has 1 aromatic carbocycles. The minimum Gasteiger partial charge on any atom is -0.493 e. The van der Waals surface area contributed by atoms with E-state index in [1.54, 1.807) is 0 Å². The Morgan fingerprint density at radius 3 is 2.65 bits per heavy atom. The largest absolute Gasteiger partial charge is 0.493 e. The zero-order valence-electron chi connectivity index (χ0n) is 11.4. The van der Waals surface area contributed by atoms with Gasteiger partial charge in [0.15, 0.2) is 0 Å². The fourth-order valence-electron chi connectivity index (χ4n) is 2.83. The zero-order chi connectivity index (χ0) is 14.2. The number of carbonyl (C=O) groups is 1. The highest BCUT2D eigenvalue weighted by Crippen LogP contribution is 2.51. The summed E-state index contributed by atoms with van der Waals surface area (Å²) in [5, 5.41) is 8.98. The first kappa shape index (κ1) is 13.4. The first-order chi connectivity index (χ1) is 9.57. The summed E-state index contributed by atoms with van der Waals surface area (Å²) in [6.45, 7) is 0.634. The van der Waals surface area contributed by atoms with E-state index >= 15 is 0 Å². The van der Waals surface area contributed by atoms with Crippen LogP contribution in [0.25, 0.3) is 0 Å². The molecule has 2 aliphatic carbocycles. The third-order valence-electron chi connectivity index (χ3n) is 4.54. The van der Waals surface area contributed by atoms with Gasteiger partial charge in [-0.2, -0.15) is 0 Å². The summed E-state index contributed by atoms with van der Waals surface area (Å²) < 4.78 is 19.4. The van der Waals surface area contributed by atoms with Crippen LogP contribution in [0.4, 0.5) is 4.39 Å². The summed E-state index contributed by atoms with van der Waals surface area (Å²) >= 11 is 0. The molecule has 0 bridgehead atoms. The van der Waals surface area contributed by atoms with E-state index in [1.165, 1.54) is 31.4 Å². The van der Waals surface area contributed by atoms with Crippen molar-refractivity contribution in [2.45, 2.75) is 43.9 Å². The van der Waals surface area contributed by atoms with Gasteiger partial charge in [0.2, 0.25) is 0 Å². The molecule has 1 aromatic rings. The second-order valence-electron chi connectivity index (χ2n) is 6.13. The van der Waals surface area contributed by atoms with Crippen LogP contribution in [0.5, 0.6) is 5.75 Å². The topological polar surface area (TPSA) is 46.5 Å². The zero-order valence-corrected chi connectivity index (χ0v) is 11.4. The van der Waals surface area contributed by atoms with Crippen molar-refractivity contribution >= 4 is 5.97 Å². The number of halogens is 1. The third kappa shape index (κ3) is 2.79. The van der Waals surface area contributed by atoms with E-state index in [2.05, 4.69) is 0 Å². The Labute approximate surface area is 117 Å². The standard InChI is InChI=1S/C16H19FO3/c17-13-6-12(16(4-5-16)9-15(18)19)7-14(8-13)20-10-11-2-1-3-11/h6-8,11H,1-5,9-10H2,(H,18,19). The predicted molar refractivity (Wildman–Crippen MR) is 72.4 cm³/mol. The average molecular weight is 278 g/mol. The minimum atomic E-state index is -0.830. The lowest BCUT2D eigenvalue weighted by molar-refractivity contribution is -0.137. The molecule has 0 aromatic heterocycles. The van der Waals surface area contributed by atoms with E-state index in [4.69, 9.17) is 9.84 Å². The van der Waals surface area contributed by atoms with Crippen LogP contribution in [-0.4, -0.2) is 17.7 Å². The van der Waals surface area contributed by atoms with Crippen molar-refractivity contribution in [3.05, 3.63) is 29.6 Å². The molecule has 0 atom stereocenters. The van der Waals surface area contributed by atoms with Crippen LogP contribution >= 0.6 is 0 Å². The second kappa shape index (κ2) is 5.08. The lowest BCUT2D eigenvalue weighted by Gasteiger charge is -2.25. The van der Waals surface area contributed by atoms with Gasteiger partial charge in [0.25, 0.3) is 0 Å². The first-order valence-corrected chi connectivity index (χ1v) is 7.23. The fraction of sp³-hybridized carbons (Fsp3) is 0.562. The van der Waals surface area contributed by atoms with Crippen LogP contribution in [0.2, 0.25) is 0 Å². The Morgan fingerprint density at radius 1 is 1.35 bits per heavy atom. The van der Waals surface area contributed by atoms with Crippen molar-refractivity contribution in [1.82, 2.24) is 0 Å². The van der Waals surface area contributed by atoms with Crippen molar-refractivity contribution in [1.29, 1.82) is 0 Å². The average Bonchev–Trinajstić information content (AvgIpc) is 3.06. The number of benzene rings is 1. The summed E-state index contributed by atoms with van der Waals surface area (Å²) in [4.78, 5) is 10.9. The Balaban J connectivity index is 1.74. The molecule has 0 unspecified atom stereocenters. The molecule has 4 heteroatoms. The molecule has 0 saturated heterocycles. The predicted octanol–water partition coefficient (Wildman–Crippen LogP) is 3.51. The van der Waals surface area contributed by atoms with Crippen molar-refractivity contribution in [3.8, 4) is 5.75 Å². The maximum Gasteiger partial charge on any atom is 0.304 e. The molecule has 108 valence electrons. The summed E-state index contributed by atoms with van der Waals surface area (Å²) in [5.74, 6) is -0.0503. The lowest BCUT2D eigenvalue weighted by atomic mass is 9.86. The summed E-state index contributed by atoms with van der Waals surface area (Å²) in [6, 6.07) is 4.66. The van der Waals surface area contributed by atoms with E-state index in [1.807, 2.05) is 6.07 Å². The molecule has 2 fully saturated rings. The second-order valence-corrected chi connectivity index (χ2v) is 6.13. The highest BCUT2D eigenvalue weighted by Gasteiger charge is 2.46. The Hall–Kier alpha value is -1.58. The highest BCUT2D eigenvalue weighted by atomic mass is 19.1. The van der Waals surface area contributed by atoms with Crippen LogP contribution in [0.15, 0.2) is 18.2 Å². The molecular weight excluding hydrogens is 259 g/mol. The molecule has 0 aliphatic heterocycles. The molecule has 0 heterocycles. The SMILES string of the molecule is O=C(O)CC1(c2cc(F)cc(OCC3CCC3)c2)CC1. The lowest BCUT2D eigenvalue weighted by Crippen LogP contribution is -2.19. The van der Waals surface area contributed by atoms with Gasteiger partial charge in [0.05, 0.1) is 13.0 Å². The van der Waals surface area contributed by atoms with E-state index in [9.17, 15) is 9.18 Å². The number of aliphatic carboxylic acids is 1. The molecule has 1 N–H and O–H groups in total. The van der Waals surface area contributed by atoms with Crippen molar-refractivity contribution in [2.24, 2.45) is 5.92 Å². The number of ether oxygens (including phenoxy) is 1. The van der Waals surface area contributed by atoms with Gasteiger partial charge >= 0.3 is 5.97 Å². The third-order valence-corrected chi connectivity index (χ3v) is 4.54. The molecule has 3 rings (SSSR count). The normalized spacial score (nSPS) is 20.2. The van der Waals surface area contributed by atoms with Gasteiger partial charge in [-0.3, -0.25) is 4.79 Å². The van der Waals surface area contributed by atoms with E-state index < -0.39 is 5.97 Å². The highest BCUT2D eigenvalue weighted by molar-refractivity contribution is 5.70. The van der Waals surface area contributed by atoms with Crippen molar-refractivity contribution in [2.75, 3.05) is 6.61 Å². The number of rotatable bonds is 6. The van der Waals surface area contributed by atoms with E-state index in [0.717, 1.165) is 18.4 Å². The molecule has 3 nitrogen and oxygen atoms in total. The van der Waals surface area contributed by atoms with Gasteiger partial charge in [-0.15, -0.1) is 0 Å². The number of carboxylic acids is 1. The molecule has 0 amide bonds. The van der Waals surface area contributed by atoms with Crippen LogP contribution in [0.1, 0.15) is 44.1 Å². The van der Waals surface area contributed by atoms with Crippen LogP contribution in [0.3, 0.4) is 0 Å². The maximum atomic E-state index is 13.7. The van der Waals surface area contributed by atoms with Gasteiger partial charge in [0, 0.05) is 11.5 Å². The maximum absolute atomic E-state index is 13.7. The van der Waals surface area contributed by atoms with Gasteiger partial charge in [-0.25, -0.2) is 4.39 Å². The molecule has 20 heavy (non-hydrogen) atoms. The summed E-state index contributed by atoms with van der Waals surface area (Å²) in [7, 11) is 0. The minimum absolute atomic E-state index is 0.0680. The van der Waals surface area contributed by atoms with Crippen molar-refractivity contribution in [3.63, 3.8) is 0 Å². The smallest absolute Gasteiger partial charge is 0.304 e. The quantitative estimate of drug-likeness (QED) is 0.866. The van der Waals surface area contributed by atoms with E-state index in [0.29, 0.717) is 18.3 Å². The van der Waals surface area contributed by atoms with Gasteiger partial charge in [-0.05, 0) is 49.3 Å². The molecule has 2 saturated carbocycles. The van der Waals surface area contributed by atoms with Crippen LogP contribution in [-0.2, 0) is 10.2 Å². The Bertz CT molecular complexity index is 518. The Kier molecular flexibility index (Phi) is 3.40. The number of carboxylic acid groups (broad SMARTS) is 1.